The third-order valence-electron chi connectivity index (χ3n) is 1.77. The van der Waals surface area contributed by atoms with E-state index in [0.29, 0.717) is 19.8 Å². The van der Waals surface area contributed by atoms with Crippen LogP contribution in [-0.2, 0) is 4.74 Å². The van der Waals surface area contributed by atoms with Crippen molar-refractivity contribution < 1.29 is 13.5 Å². The van der Waals surface area contributed by atoms with E-state index in [1.807, 2.05) is 19.0 Å². The van der Waals surface area contributed by atoms with Crippen LogP contribution in [0.3, 0.4) is 0 Å². The first-order valence-corrected chi connectivity index (χ1v) is 4.78. The molecule has 0 aliphatic carbocycles. The van der Waals surface area contributed by atoms with Gasteiger partial charge in [-0.1, -0.05) is 0 Å². The molecule has 0 aliphatic heterocycles. The van der Waals surface area contributed by atoms with Crippen molar-refractivity contribution in [3.05, 3.63) is 0 Å². The molecule has 1 unspecified atom stereocenters. The average molecular weight is 210 g/mol. The Morgan fingerprint density at radius 3 is 2.43 bits per heavy atom. The molecule has 3 nitrogen and oxygen atoms in total. The predicted octanol–water partition coefficient (Wildman–Crippen LogP) is 0.808. The van der Waals surface area contributed by atoms with E-state index in [1.54, 1.807) is 0 Å². The molecule has 0 aliphatic rings. The molecule has 0 saturated carbocycles. The lowest BCUT2D eigenvalue weighted by atomic mass is 10.3. The van der Waals surface area contributed by atoms with Crippen molar-refractivity contribution in [1.29, 1.82) is 0 Å². The quantitative estimate of drug-likeness (QED) is 0.600. The van der Waals surface area contributed by atoms with Crippen molar-refractivity contribution in [3.63, 3.8) is 0 Å². The van der Waals surface area contributed by atoms with Crippen molar-refractivity contribution in [2.24, 2.45) is 0 Å². The first kappa shape index (κ1) is 13.7. The molecule has 1 atom stereocenters. The first-order valence-electron chi connectivity index (χ1n) is 4.78. The van der Waals surface area contributed by atoms with E-state index in [4.69, 9.17) is 4.74 Å². The molecule has 0 bridgehead atoms. The van der Waals surface area contributed by atoms with E-state index < -0.39 is 12.5 Å². The van der Waals surface area contributed by atoms with Gasteiger partial charge >= 0.3 is 0 Å². The molecule has 0 aromatic rings. The molecule has 0 saturated heterocycles. The van der Waals surface area contributed by atoms with Crippen LogP contribution in [0.25, 0.3) is 0 Å². The van der Waals surface area contributed by atoms with Gasteiger partial charge in [-0.05, 0) is 21.0 Å². The van der Waals surface area contributed by atoms with Crippen LogP contribution in [0.15, 0.2) is 0 Å². The Hall–Kier alpha value is -0.260. The topological polar surface area (TPSA) is 24.5 Å². The minimum atomic E-state index is -2.31. The molecule has 0 spiro atoms. The van der Waals surface area contributed by atoms with Gasteiger partial charge in [0, 0.05) is 13.1 Å². The number of nitrogens with one attached hydrogen (secondary N) is 1. The summed E-state index contributed by atoms with van der Waals surface area (Å²) in [6.45, 7) is 3.90. The number of hydrogen-bond donors (Lipinski definition) is 1. The summed E-state index contributed by atoms with van der Waals surface area (Å²) in [6, 6.07) is -0.757. The van der Waals surface area contributed by atoms with Crippen LogP contribution in [0.5, 0.6) is 0 Å². The highest BCUT2D eigenvalue weighted by Crippen LogP contribution is 1.98. The fourth-order valence-corrected chi connectivity index (χ4v) is 0.797. The van der Waals surface area contributed by atoms with Crippen LogP contribution >= 0.6 is 0 Å². The lowest BCUT2D eigenvalue weighted by Crippen LogP contribution is -2.35. The number of halogens is 2. The highest BCUT2D eigenvalue weighted by molar-refractivity contribution is 4.61. The maximum Gasteiger partial charge on any atom is 0.253 e. The predicted molar refractivity (Wildman–Crippen MR) is 52.8 cm³/mol. The Bertz CT molecular complexity index is 134. The molecule has 86 valence electrons. The summed E-state index contributed by atoms with van der Waals surface area (Å²) in [5.74, 6) is 0. The maximum absolute atomic E-state index is 12.0. The lowest BCUT2D eigenvalue weighted by Gasteiger charge is -2.13. The molecule has 1 N–H and O–H groups in total. The smallest absolute Gasteiger partial charge is 0.253 e. The minimum Gasteiger partial charge on any atom is -0.379 e. The zero-order valence-electron chi connectivity index (χ0n) is 9.09. The van der Waals surface area contributed by atoms with Crippen LogP contribution < -0.4 is 5.32 Å². The number of alkyl halides is 2. The Kier molecular flexibility index (Phi) is 7.93. The van der Waals surface area contributed by atoms with Crippen molar-refractivity contribution in [2.45, 2.75) is 19.4 Å². The van der Waals surface area contributed by atoms with Crippen molar-refractivity contribution in [2.75, 3.05) is 40.4 Å². The zero-order chi connectivity index (χ0) is 11.0. The number of likely N-dealkylation sites (N-methyl/N-ethyl adjacent to an activating group) is 1. The van der Waals surface area contributed by atoms with Gasteiger partial charge in [0.1, 0.15) is 0 Å². The fraction of sp³-hybridized carbons (Fsp3) is 1.00. The van der Waals surface area contributed by atoms with Gasteiger partial charge in [-0.3, -0.25) is 0 Å². The summed E-state index contributed by atoms with van der Waals surface area (Å²) in [7, 11) is 3.92. The second-order valence-corrected chi connectivity index (χ2v) is 3.49. The summed E-state index contributed by atoms with van der Waals surface area (Å²) in [5, 5.41) is 2.68. The van der Waals surface area contributed by atoms with Gasteiger partial charge in [0.2, 0.25) is 0 Å². The molecule has 0 aromatic carbocycles. The molecular formula is C9H20F2N2O. The summed E-state index contributed by atoms with van der Waals surface area (Å²) >= 11 is 0. The van der Waals surface area contributed by atoms with Gasteiger partial charge in [0.05, 0.1) is 19.3 Å². The van der Waals surface area contributed by atoms with Gasteiger partial charge in [-0.15, -0.1) is 0 Å². The Labute approximate surface area is 84.4 Å². The van der Waals surface area contributed by atoms with Gasteiger partial charge in [-0.2, -0.15) is 0 Å². The molecule has 0 rings (SSSR count). The van der Waals surface area contributed by atoms with Crippen LogP contribution in [0.4, 0.5) is 8.78 Å². The van der Waals surface area contributed by atoms with E-state index in [1.165, 1.54) is 6.92 Å². The average Bonchev–Trinajstić information content (AvgIpc) is 2.09. The van der Waals surface area contributed by atoms with Gasteiger partial charge in [0.25, 0.3) is 6.43 Å². The summed E-state index contributed by atoms with van der Waals surface area (Å²) in [5.41, 5.74) is 0. The van der Waals surface area contributed by atoms with Crippen molar-refractivity contribution in [1.82, 2.24) is 10.2 Å². The van der Waals surface area contributed by atoms with Crippen LogP contribution in [0.2, 0.25) is 0 Å². The van der Waals surface area contributed by atoms with Gasteiger partial charge in [-0.25, -0.2) is 8.78 Å². The first-order chi connectivity index (χ1) is 6.54. The fourth-order valence-electron chi connectivity index (χ4n) is 0.797. The molecule has 0 amide bonds. The molecule has 5 heteroatoms. The van der Waals surface area contributed by atoms with Crippen molar-refractivity contribution in [3.8, 4) is 0 Å². The highest BCUT2D eigenvalue weighted by Gasteiger charge is 2.12. The standard InChI is InChI=1S/C9H20F2N2O/c1-8(9(10)11)12-4-6-14-7-5-13(2)3/h8-9,12H,4-7H2,1-3H3. The number of nitrogens with zero attached hydrogens (tertiary/aromatic N) is 1. The second-order valence-electron chi connectivity index (χ2n) is 3.49. The monoisotopic (exact) mass is 210 g/mol. The zero-order valence-corrected chi connectivity index (χ0v) is 9.09. The van der Waals surface area contributed by atoms with Gasteiger partial charge < -0.3 is 15.0 Å². The molecule has 0 heterocycles. The normalized spacial score (nSPS) is 13.9. The summed E-state index contributed by atoms with van der Waals surface area (Å²) < 4.78 is 29.2. The summed E-state index contributed by atoms with van der Waals surface area (Å²) in [4.78, 5) is 2.01. The van der Waals surface area contributed by atoms with Crippen LogP contribution in [-0.4, -0.2) is 57.8 Å². The third kappa shape index (κ3) is 8.34. The van der Waals surface area contributed by atoms with Crippen LogP contribution in [0, 0.1) is 0 Å². The molecule has 0 aromatic heterocycles. The Morgan fingerprint density at radius 1 is 1.29 bits per heavy atom. The van der Waals surface area contributed by atoms with E-state index in [2.05, 4.69) is 5.32 Å². The van der Waals surface area contributed by atoms with E-state index >= 15 is 0 Å². The Balaban J connectivity index is 3.13. The van der Waals surface area contributed by atoms with Crippen LogP contribution in [0.1, 0.15) is 6.92 Å². The largest absolute Gasteiger partial charge is 0.379 e. The SMILES string of the molecule is CC(NCCOCCN(C)C)C(F)F. The van der Waals surface area contributed by atoms with Gasteiger partial charge in [0.15, 0.2) is 0 Å². The number of hydrogen-bond acceptors (Lipinski definition) is 3. The van der Waals surface area contributed by atoms with E-state index in [-0.39, 0.29) is 0 Å². The molecule has 0 fully saturated rings. The summed E-state index contributed by atoms with van der Waals surface area (Å²) in [6.07, 6.45) is -2.31. The maximum atomic E-state index is 12.0. The second kappa shape index (κ2) is 8.08. The minimum absolute atomic E-state index is 0.471. The van der Waals surface area contributed by atoms with E-state index in [9.17, 15) is 8.78 Å². The lowest BCUT2D eigenvalue weighted by molar-refractivity contribution is 0.0884. The third-order valence-corrected chi connectivity index (χ3v) is 1.77. The Morgan fingerprint density at radius 2 is 1.93 bits per heavy atom. The molecular weight excluding hydrogens is 190 g/mol. The van der Waals surface area contributed by atoms with E-state index in [0.717, 1.165) is 6.54 Å². The van der Waals surface area contributed by atoms with Crippen molar-refractivity contribution >= 4 is 0 Å². The molecule has 14 heavy (non-hydrogen) atoms. The highest BCUT2D eigenvalue weighted by atomic mass is 19.3. The number of ether oxygens (including phenoxy) is 1. The molecule has 0 radical (unpaired) electrons. The number of rotatable bonds is 8.